The second kappa shape index (κ2) is 7.40. The summed E-state index contributed by atoms with van der Waals surface area (Å²) in [7, 11) is 0. The number of aromatic nitrogens is 2. The van der Waals surface area contributed by atoms with Gasteiger partial charge in [-0.1, -0.05) is 19.1 Å². The monoisotopic (exact) mass is 297 g/mol. The van der Waals surface area contributed by atoms with Crippen LogP contribution in [0.4, 0.5) is 8.78 Å². The predicted octanol–water partition coefficient (Wildman–Crippen LogP) is 2.95. The molecule has 0 amide bonds. The van der Waals surface area contributed by atoms with E-state index in [9.17, 15) is 8.78 Å². The molecule has 108 valence electrons. The number of rotatable bonds is 7. The molecule has 0 unspecified atom stereocenters. The summed E-state index contributed by atoms with van der Waals surface area (Å²) in [5, 5.41) is 13.0. The van der Waals surface area contributed by atoms with Gasteiger partial charge in [0.25, 0.3) is 0 Å². The molecule has 2 aromatic rings. The normalized spacial score (nSPS) is 10.9. The van der Waals surface area contributed by atoms with Gasteiger partial charge in [-0.15, -0.1) is 21.5 Å². The Morgan fingerprint density at radius 1 is 1.15 bits per heavy atom. The van der Waals surface area contributed by atoms with E-state index in [0.29, 0.717) is 10.6 Å². The van der Waals surface area contributed by atoms with E-state index in [1.807, 2.05) is 0 Å². The van der Waals surface area contributed by atoms with Crippen molar-refractivity contribution in [3.8, 4) is 0 Å². The summed E-state index contributed by atoms with van der Waals surface area (Å²) >= 11 is 1.45. The van der Waals surface area contributed by atoms with Crippen molar-refractivity contribution in [1.29, 1.82) is 0 Å². The molecule has 0 atom stereocenters. The Bertz CT molecular complexity index is 557. The molecule has 20 heavy (non-hydrogen) atoms. The largest absolute Gasteiger partial charge is 0.316 e. The molecule has 2 rings (SSSR count). The van der Waals surface area contributed by atoms with E-state index in [0.717, 1.165) is 37.0 Å². The van der Waals surface area contributed by atoms with Gasteiger partial charge < -0.3 is 5.32 Å². The van der Waals surface area contributed by atoms with Gasteiger partial charge in [0.15, 0.2) is 11.6 Å². The van der Waals surface area contributed by atoms with Crippen LogP contribution in [0.5, 0.6) is 0 Å². The molecule has 0 bridgehead atoms. The highest BCUT2D eigenvalue weighted by molar-refractivity contribution is 7.11. The van der Waals surface area contributed by atoms with Gasteiger partial charge >= 0.3 is 0 Å². The van der Waals surface area contributed by atoms with Crippen molar-refractivity contribution >= 4 is 11.3 Å². The van der Waals surface area contributed by atoms with Crippen molar-refractivity contribution in [3.63, 3.8) is 0 Å². The number of nitrogens with one attached hydrogen (secondary N) is 1. The summed E-state index contributed by atoms with van der Waals surface area (Å²) in [6.45, 7) is 3.96. The molecule has 1 aromatic heterocycles. The van der Waals surface area contributed by atoms with Gasteiger partial charge in [0.05, 0.1) is 0 Å². The van der Waals surface area contributed by atoms with Crippen LogP contribution >= 0.6 is 11.3 Å². The lowest BCUT2D eigenvalue weighted by Crippen LogP contribution is -2.17. The van der Waals surface area contributed by atoms with Crippen LogP contribution in [0.1, 0.15) is 28.9 Å². The van der Waals surface area contributed by atoms with E-state index in [4.69, 9.17) is 0 Å². The Labute approximate surface area is 121 Å². The maximum Gasteiger partial charge on any atom is 0.162 e. The minimum absolute atomic E-state index is 0.281. The first-order valence-electron chi connectivity index (χ1n) is 6.65. The maximum absolute atomic E-state index is 13.6. The highest BCUT2D eigenvalue weighted by atomic mass is 32.1. The Morgan fingerprint density at radius 2 is 1.95 bits per heavy atom. The summed E-state index contributed by atoms with van der Waals surface area (Å²) in [6, 6.07) is 4.19. The van der Waals surface area contributed by atoms with Crippen LogP contribution in [-0.2, 0) is 12.8 Å². The second-order valence-corrected chi connectivity index (χ2v) is 5.63. The van der Waals surface area contributed by atoms with Gasteiger partial charge in [-0.25, -0.2) is 8.78 Å². The minimum Gasteiger partial charge on any atom is -0.316 e. The quantitative estimate of drug-likeness (QED) is 0.799. The molecule has 6 heteroatoms. The van der Waals surface area contributed by atoms with Crippen LogP contribution in [0.3, 0.4) is 0 Å². The fourth-order valence-electron chi connectivity index (χ4n) is 1.81. The summed E-state index contributed by atoms with van der Waals surface area (Å²) in [5.41, 5.74) is 0.316. The molecule has 0 aliphatic rings. The van der Waals surface area contributed by atoms with Crippen molar-refractivity contribution in [2.75, 3.05) is 13.1 Å². The van der Waals surface area contributed by atoms with Crippen LogP contribution in [0.2, 0.25) is 0 Å². The van der Waals surface area contributed by atoms with Crippen molar-refractivity contribution < 1.29 is 8.78 Å². The second-order valence-electron chi connectivity index (χ2n) is 4.48. The van der Waals surface area contributed by atoms with Crippen molar-refractivity contribution in [2.24, 2.45) is 0 Å². The minimum atomic E-state index is -0.823. The SMILES string of the molecule is CCCNCCc1nnc(Cc2cccc(F)c2F)s1. The van der Waals surface area contributed by atoms with E-state index in [2.05, 4.69) is 22.4 Å². The predicted molar refractivity (Wildman–Crippen MR) is 75.9 cm³/mol. The summed E-state index contributed by atoms with van der Waals surface area (Å²) < 4.78 is 26.7. The van der Waals surface area contributed by atoms with Gasteiger partial charge in [-0.3, -0.25) is 0 Å². The topological polar surface area (TPSA) is 37.8 Å². The molecular weight excluding hydrogens is 280 g/mol. The molecule has 1 aromatic carbocycles. The molecule has 0 saturated carbocycles. The number of halogens is 2. The van der Waals surface area contributed by atoms with Crippen LogP contribution in [0.15, 0.2) is 18.2 Å². The van der Waals surface area contributed by atoms with E-state index in [1.165, 1.54) is 17.4 Å². The molecule has 0 aliphatic heterocycles. The summed E-state index contributed by atoms with van der Waals surface area (Å²) in [6.07, 6.45) is 2.19. The van der Waals surface area contributed by atoms with Gasteiger partial charge in [0.2, 0.25) is 0 Å². The van der Waals surface area contributed by atoms with Crippen LogP contribution in [0, 0.1) is 11.6 Å². The van der Waals surface area contributed by atoms with E-state index in [1.54, 1.807) is 6.07 Å². The third kappa shape index (κ3) is 4.05. The third-order valence-corrected chi connectivity index (χ3v) is 3.81. The summed E-state index contributed by atoms with van der Waals surface area (Å²) in [5.74, 6) is -1.62. The molecule has 0 saturated heterocycles. The van der Waals surface area contributed by atoms with Gasteiger partial charge in [-0.2, -0.15) is 0 Å². The van der Waals surface area contributed by atoms with Crippen LogP contribution in [0.25, 0.3) is 0 Å². The molecular formula is C14H17F2N3S. The zero-order valence-electron chi connectivity index (χ0n) is 11.3. The van der Waals surface area contributed by atoms with Crippen molar-refractivity contribution in [1.82, 2.24) is 15.5 Å². The number of hydrogen-bond acceptors (Lipinski definition) is 4. The Kier molecular flexibility index (Phi) is 5.55. The molecule has 0 fully saturated rings. The van der Waals surface area contributed by atoms with Crippen LogP contribution in [-0.4, -0.2) is 23.3 Å². The van der Waals surface area contributed by atoms with E-state index >= 15 is 0 Å². The van der Waals surface area contributed by atoms with E-state index in [-0.39, 0.29) is 6.42 Å². The first-order valence-corrected chi connectivity index (χ1v) is 7.47. The third-order valence-electron chi connectivity index (χ3n) is 2.82. The highest BCUT2D eigenvalue weighted by Crippen LogP contribution is 2.18. The number of nitrogens with zero attached hydrogens (tertiary/aromatic N) is 2. The lowest BCUT2D eigenvalue weighted by molar-refractivity contribution is 0.500. The fourth-order valence-corrected chi connectivity index (χ4v) is 2.67. The molecule has 0 radical (unpaired) electrons. The molecule has 1 N–H and O–H groups in total. The average Bonchev–Trinajstić information content (AvgIpc) is 2.88. The molecule has 3 nitrogen and oxygen atoms in total. The standard InChI is InChI=1S/C14H17F2N3S/c1-2-7-17-8-6-12-18-19-13(20-12)9-10-4-3-5-11(15)14(10)16/h3-5,17H,2,6-9H2,1H3. The number of benzene rings is 1. The highest BCUT2D eigenvalue weighted by Gasteiger charge is 2.11. The first kappa shape index (κ1) is 15.0. The molecule has 1 heterocycles. The Morgan fingerprint density at radius 3 is 2.75 bits per heavy atom. The fraction of sp³-hybridized carbons (Fsp3) is 0.429. The van der Waals surface area contributed by atoms with Crippen LogP contribution < -0.4 is 5.32 Å². The smallest absolute Gasteiger partial charge is 0.162 e. The lowest BCUT2D eigenvalue weighted by atomic mass is 10.1. The molecule has 0 aliphatic carbocycles. The first-order chi connectivity index (χ1) is 9.70. The lowest BCUT2D eigenvalue weighted by Gasteiger charge is -2.00. The zero-order chi connectivity index (χ0) is 14.4. The van der Waals surface area contributed by atoms with Gasteiger partial charge in [-0.05, 0) is 24.6 Å². The van der Waals surface area contributed by atoms with Gasteiger partial charge in [0, 0.05) is 19.4 Å². The van der Waals surface area contributed by atoms with Crippen molar-refractivity contribution in [3.05, 3.63) is 45.4 Å². The Hall–Kier alpha value is -1.40. The zero-order valence-corrected chi connectivity index (χ0v) is 12.1. The number of hydrogen-bond donors (Lipinski definition) is 1. The van der Waals surface area contributed by atoms with E-state index < -0.39 is 11.6 Å². The summed E-state index contributed by atoms with van der Waals surface area (Å²) in [4.78, 5) is 0. The average molecular weight is 297 g/mol. The Balaban J connectivity index is 1.94. The molecule has 0 spiro atoms. The van der Waals surface area contributed by atoms with Gasteiger partial charge in [0.1, 0.15) is 10.0 Å². The van der Waals surface area contributed by atoms with Crippen molar-refractivity contribution in [2.45, 2.75) is 26.2 Å². The maximum atomic E-state index is 13.6.